The summed E-state index contributed by atoms with van der Waals surface area (Å²) in [6.45, 7) is 0. The van der Waals surface area contributed by atoms with E-state index in [0.29, 0.717) is 17.0 Å². The number of urea groups is 1. The van der Waals surface area contributed by atoms with Crippen LogP contribution in [0.1, 0.15) is 11.1 Å². The van der Waals surface area contributed by atoms with E-state index in [4.69, 9.17) is 4.74 Å². The van der Waals surface area contributed by atoms with Gasteiger partial charge in [-0.25, -0.2) is 9.69 Å². The molecule has 1 aliphatic heterocycles. The van der Waals surface area contributed by atoms with Crippen molar-refractivity contribution in [2.24, 2.45) is 0 Å². The molecule has 39 heavy (non-hydrogen) atoms. The Morgan fingerprint density at radius 3 is 2.26 bits per heavy atom. The predicted molar refractivity (Wildman–Crippen MR) is 127 cm³/mol. The highest BCUT2D eigenvalue weighted by atomic mass is 19.4. The highest BCUT2D eigenvalue weighted by molar-refractivity contribution is 6.39. The molecule has 0 aromatic heterocycles. The molecule has 0 saturated carbocycles. The average molecular weight is 542 g/mol. The maximum atomic E-state index is 13.1. The van der Waals surface area contributed by atoms with Gasteiger partial charge in [0.25, 0.3) is 17.5 Å². The van der Waals surface area contributed by atoms with Crippen LogP contribution in [0.15, 0.2) is 72.3 Å². The van der Waals surface area contributed by atoms with Crippen LogP contribution in [-0.2, 0) is 15.8 Å². The number of rotatable bonds is 6. The van der Waals surface area contributed by atoms with Crippen LogP contribution < -0.4 is 15.0 Å². The quantitative estimate of drug-likeness (QED) is 0.197. The molecule has 1 saturated heterocycles. The van der Waals surface area contributed by atoms with Crippen molar-refractivity contribution in [3.8, 4) is 11.5 Å². The number of imide groups is 2. The number of non-ortho nitro benzene ring substituents is 1. The normalized spacial score (nSPS) is 14.8. The number of ether oxygens (including phenoxy) is 1. The molecule has 0 unspecified atom stereocenters. The number of nitrogens with one attached hydrogen (secondary N) is 1. The van der Waals surface area contributed by atoms with E-state index in [0.717, 1.165) is 24.3 Å². The zero-order chi connectivity index (χ0) is 28.5. The molecule has 3 aromatic rings. The molecule has 198 valence electrons. The van der Waals surface area contributed by atoms with Gasteiger partial charge in [-0.3, -0.25) is 35.1 Å². The van der Waals surface area contributed by atoms with Crippen molar-refractivity contribution in [1.82, 2.24) is 5.32 Å². The Morgan fingerprint density at radius 1 is 0.872 bits per heavy atom. The van der Waals surface area contributed by atoms with E-state index >= 15 is 0 Å². The lowest BCUT2D eigenvalue weighted by Crippen LogP contribution is -2.54. The third-order valence-electron chi connectivity index (χ3n) is 5.32. The van der Waals surface area contributed by atoms with Gasteiger partial charge < -0.3 is 4.74 Å². The number of nitro benzene ring substituents is 2. The SMILES string of the molecule is O=C1NC(=O)N(c2cccc([N+](=O)[O-])c2)C(=O)/C1=C/c1ccccc1Oc1ccc(C(F)(F)F)cc1[N+](=O)[O-]. The van der Waals surface area contributed by atoms with Gasteiger partial charge in [-0.2, -0.15) is 13.2 Å². The summed E-state index contributed by atoms with van der Waals surface area (Å²) in [4.78, 5) is 59.3. The van der Waals surface area contributed by atoms with Crippen molar-refractivity contribution in [1.29, 1.82) is 0 Å². The Balaban J connectivity index is 1.73. The monoisotopic (exact) mass is 542 g/mol. The first kappa shape index (κ1) is 26.5. The minimum absolute atomic E-state index is 0.00135. The molecule has 0 aliphatic carbocycles. The molecule has 1 aliphatic rings. The Kier molecular flexibility index (Phi) is 6.81. The zero-order valence-electron chi connectivity index (χ0n) is 19.2. The van der Waals surface area contributed by atoms with Gasteiger partial charge in [0, 0.05) is 23.8 Å². The first-order chi connectivity index (χ1) is 18.4. The van der Waals surface area contributed by atoms with Crippen molar-refractivity contribution in [3.05, 3.63) is 104 Å². The highest BCUT2D eigenvalue weighted by Gasteiger charge is 2.38. The topological polar surface area (TPSA) is 162 Å². The van der Waals surface area contributed by atoms with Crippen molar-refractivity contribution < 1.29 is 42.1 Å². The second-order valence-corrected chi connectivity index (χ2v) is 7.81. The number of alkyl halides is 3. The molecular weight excluding hydrogens is 529 g/mol. The molecule has 0 atom stereocenters. The number of carbonyl (C=O) groups excluding carboxylic acids is 3. The summed E-state index contributed by atoms with van der Waals surface area (Å²) in [5.74, 6) is -2.97. The molecule has 1 heterocycles. The Hall–Kier alpha value is -5.60. The molecule has 3 aromatic carbocycles. The molecule has 0 radical (unpaired) electrons. The van der Waals surface area contributed by atoms with Gasteiger partial charge in [0.05, 0.1) is 21.1 Å². The lowest BCUT2D eigenvalue weighted by atomic mass is 10.1. The number of benzene rings is 3. The van der Waals surface area contributed by atoms with Crippen LogP contribution in [0.5, 0.6) is 11.5 Å². The fraction of sp³-hybridized carbons (Fsp3) is 0.0417. The summed E-state index contributed by atoms with van der Waals surface area (Å²) in [6, 6.07) is 10.5. The van der Waals surface area contributed by atoms with E-state index in [-0.39, 0.29) is 17.0 Å². The van der Waals surface area contributed by atoms with Gasteiger partial charge in [0.2, 0.25) is 5.75 Å². The summed E-state index contributed by atoms with van der Waals surface area (Å²) in [5.41, 5.74) is -3.48. The fourth-order valence-electron chi connectivity index (χ4n) is 3.53. The average Bonchev–Trinajstić information content (AvgIpc) is 2.87. The van der Waals surface area contributed by atoms with Crippen LogP contribution in [0, 0.1) is 20.2 Å². The number of anilines is 1. The van der Waals surface area contributed by atoms with Crippen LogP contribution in [0.3, 0.4) is 0 Å². The molecule has 4 rings (SSSR count). The maximum Gasteiger partial charge on any atom is 0.416 e. The molecule has 1 fully saturated rings. The smallest absolute Gasteiger partial charge is 0.416 e. The van der Waals surface area contributed by atoms with Crippen LogP contribution >= 0.6 is 0 Å². The van der Waals surface area contributed by atoms with Crippen LogP contribution in [-0.4, -0.2) is 27.7 Å². The fourth-order valence-corrected chi connectivity index (χ4v) is 3.53. The van der Waals surface area contributed by atoms with Crippen LogP contribution in [0.25, 0.3) is 6.08 Å². The first-order valence-corrected chi connectivity index (χ1v) is 10.6. The van der Waals surface area contributed by atoms with E-state index in [2.05, 4.69) is 0 Å². The summed E-state index contributed by atoms with van der Waals surface area (Å²) >= 11 is 0. The van der Waals surface area contributed by atoms with Crippen molar-refractivity contribution in [2.45, 2.75) is 6.18 Å². The second-order valence-electron chi connectivity index (χ2n) is 7.81. The number of hydrogen-bond acceptors (Lipinski definition) is 8. The number of halogens is 3. The number of hydrogen-bond donors (Lipinski definition) is 1. The van der Waals surface area contributed by atoms with Gasteiger partial charge in [-0.05, 0) is 30.3 Å². The Labute approximate surface area is 215 Å². The van der Waals surface area contributed by atoms with E-state index in [1.165, 1.54) is 36.4 Å². The minimum Gasteiger partial charge on any atom is -0.449 e. The molecule has 0 bridgehead atoms. The summed E-state index contributed by atoms with van der Waals surface area (Å²) in [7, 11) is 0. The number of amides is 4. The molecular formula is C24H13F3N4O8. The minimum atomic E-state index is -4.84. The van der Waals surface area contributed by atoms with E-state index in [1.807, 2.05) is 5.32 Å². The van der Waals surface area contributed by atoms with Gasteiger partial charge in [0.15, 0.2) is 0 Å². The van der Waals surface area contributed by atoms with Gasteiger partial charge in [-0.15, -0.1) is 0 Å². The summed E-state index contributed by atoms with van der Waals surface area (Å²) in [6.07, 6.45) is -3.84. The lowest BCUT2D eigenvalue weighted by Gasteiger charge is -2.26. The third-order valence-corrected chi connectivity index (χ3v) is 5.32. The maximum absolute atomic E-state index is 13.1. The molecule has 12 nitrogen and oxygen atoms in total. The number of carbonyl (C=O) groups is 3. The second kappa shape index (κ2) is 10.0. The van der Waals surface area contributed by atoms with Gasteiger partial charge in [0.1, 0.15) is 11.3 Å². The lowest BCUT2D eigenvalue weighted by molar-refractivity contribution is -0.385. The molecule has 4 amide bonds. The highest BCUT2D eigenvalue weighted by Crippen LogP contribution is 2.39. The van der Waals surface area contributed by atoms with Crippen molar-refractivity contribution >= 4 is 41.0 Å². The first-order valence-electron chi connectivity index (χ1n) is 10.6. The summed E-state index contributed by atoms with van der Waals surface area (Å²) in [5, 5.41) is 24.5. The van der Waals surface area contributed by atoms with Crippen molar-refractivity contribution in [2.75, 3.05) is 4.90 Å². The zero-order valence-corrected chi connectivity index (χ0v) is 19.2. The predicted octanol–water partition coefficient (Wildman–Crippen LogP) is 4.98. The Morgan fingerprint density at radius 2 is 1.59 bits per heavy atom. The van der Waals surface area contributed by atoms with Gasteiger partial charge >= 0.3 is 17.9 Å². The standard InChI is InChI=1S/C24H13F3N4O8/c25-24(26,27)14-8-9-20(18(11-14)31(37)38)39-19-7-2-1-4-13(19)10-17-21(32)28-23(34)29(22(17)33)15-5-3-6-16(12-15)30(35)36/h1-12H,(H,28,32,34)/b17-10+. The number of para-hydroxylation sites is 1. The van der Waals surface area contributed by atoms with Crippen molar-refractivity contribution in [3.63, 3.8) is 0 Å². The third kappa shape index (κ3) is 5.41. The summed E-state index contributed by atoms with van der Waals surface area (Å²) < 4.78 is 44.6. The van der Waals surface area contributed by atoms with Crippen LogP contribution in [0.2, 0.25) is 0 Å². The molecule has 15 heteroatoms. The largest absolute Gasteiger partial charge is 0.449 e. The molecule has 0 spiro atoms. The van der Waals surface area contributed by atoms with E-state index in [1.54, 1.807) is 0 Å². The van der Waals surface area contributed by atoms with E-state index in [9.17, 15) is 47.8 Å². The van der Waals surface area contributed by atoms with Gasteiger partial charge in [-0.1, -0.05) is 24.3 Å². The number of nitrogens with zero attached hydrogens (tertiary/aromatic N) is 3. The number of nitro groups is 2. The van der Waals surface area contributed by atoms with E-state index < -0.39 is 62.1 Å². The molecule has 1 N–H and O–H groups in total. The Bertz CT molecular complexity index is 1590. The number of barbiturate groups is 1. The van der Waals surface area contributed by atoms with Crippen LogP contribution in [0.4, 0.5) is 35.0 Å².